The van der Waals surface area contributed by atoms with Crippen molar-refractivity contribution in [1.82, 2.24) is 0 Å². The Morgan fingerprint density at radius 3 is 2.56 bits per heavy atom. The highest BCUT2D eigenvalue weighted by atomic mass is 32.2. The molecule has 0 unspecified atom stereocenters. The van der Waals surface area contributed by atoms with Gasteiger partial charge in [0.15, 0.2) is 0 Å². The van der Waals surface area contributed by atoms with Crippen LogP contribution < -0.4 is 9.88 Å². The normalized spacial score (nSPS) is 11.7. The zero-order chi connectivity index (χ0) is 13.2. The fraction of sp³-hybridized carbons (Fsp3) is 0.167. The number of ether oxygens (including phenoxy) is 1. The number of rotatable bonds is 4. The SMILES string of the molecule is COc1ccc2ccccc2c1COS(N)(=O)=O. The van der Waals surface area contributed by atoms with E-state index in [0.717, 1.165) is 10.8 Å². The smallest absolute Gasteiger partial charge is 0.333 e. The minimum atomic E-state index is -3.97. The monoisotopic (exact) mass is 267 g/mol. The van der Waals surface area contributed by atoms with Crippen LogP contribution in [0, 0.1) is 0 Å². The molecule has 0 radical (unpaired) electrons. The maximum Gasteiger partial charge on any atom is 0.333 e. The molecule has 18 heavy (non-hydrogen) atoms. The van der Waals surface area contributed by atoms with Gasteiger partial charge in [0, 0.05) is 5.56 Å². The molecule has 5 nitrogen and oxygen atoms in total. The fourth-order valence-corrected chi connectivity index (χ4v) is 2.08. The molecule has 2 rings (SSSR count). The van der Waals surface area contributed by atoms with E-state index in [1.807, 2.05) is 30.3 Å². The molecule has 0 fully saturated rings. The molecule has 96 valence electrons. The molecule has 0 atom stereocenters. The minimum absolute atomic E-state index is 0.149. The van der Waals surface area contributed by atoms with Crippen LogP contribution >= 0.6 is 0 Å². The lowest BCUT2D eigenvalue weighted by molar-refractivity contribution is 0.301. The van der Waals surface area contributed by atoms with Crippen molar-refractivity contribution in [2.45, 2.75) is 6.61 Å². The van der Waals surface area contributed by atoms with E-state index in [4.69, 9.17) is 9.88 Å². The van der Waals surface area contributed by atoms with Gasteiger partial charge >= 0.3 is 10.3 Å². The maximum absolute atomic E-state index is 10.9. The Morgan fingerprint density at radius 1 is 1.17 bits per heavy atom. The molecule has 0 spiro atoms. The Morgan fingerprint density at radius 2 is 1.89 bits per heavy atom. The number of hydrogen-bond donors (Lipinski definition) is 1. The topological polar surface area (TPSA) is 78.6 Å². The van der Waals surface area contributed by atoms with Crippen LogP contribution in [0.15, 0.2) is 36.4 Å². The lowest BCUT2D eigenvalue weighted by Crippen LogP contribution is -2.15. The van der Waals surface area contributed by atoms with E-state index in [0.29, 0.717) is 11.3 Å². The summed E-state index contributed by atoms with van der Waals surface area (Å²) in [5, 5.41) is 6.68. The van der Waals surface area contributed by atoms with Crippen molar-refractivity contribution >= 4 is 21.1 Å². The first-order valence-corrected chi connectivity index (χ1v) is 6.70. The molecule has 0 bridgehead atoms. The summed E-state index contributed by atoms with van der Waals surface area (Å²) in [6, 6.07) is 11.2. The highest BCUT2D eigenvalue weighted by Gasteiger charge is 2.11. The molecule has 2 N–H and O–H groups in total. The summed E-state index contributed by atoms with van der Waals surface area (Å²) in [5.41, 5.74) is 0.657. The van der Waals surface area contributed by atoms with Gasteiger partial charge in [-0.05, 0) is 16.8 Å². The predicted octanol–water partition coefficient (Wildman–Crippen LogP) is 1.57. The molecule has 2 aromatic carbocycles. The molecule has 0 saturated carbocycles. The van der Waals surface area contributed by atoms with Gasteiger partial charge in [-0.15, -0.1) is 0 Å². The summed E-state index contributed by atoms with van der Waals surface area (Å²) in [7, 11) is -2.45. The van der Waals surface area contributed by atoms with Gasteiger partial charge in [0.25, 0.3) is 0 Å². The van der Waals surface area contributed by atoms with Crippen LogP contribution in [-0.4, -0.2) is 15.5 Å². The van der Waals surface area contributed by atoms with E-state index < -0.39 is 10.3 Å². The Hall–Kier alpha value is -1.63. The van der Waals surface area contributed by atoms with Crippen LogP contribution in [0.5, 0.6) is 5.75 Å². The van der Waals surface area contributed by atoms with Gasteiger partial charge in [0.2, 0.25) is 0 Å². The van der Waals surface area contributed by atoms with Crippen molar-refractivity contribution < 1.29 is 17.3 Å². The quantitative estimate of drug-likeness (QED) is 0.912. The first-order chi connectivity index (χ1) is 8.51. The molecular weight excluding hydrogens is 254 g/mol. The molecular formula is C12H13NO4S. The van der Waals surface area contributed by atoms with Crippen LogP contribution in [-0.2, 0) is 21.1 Å². The van der Waals surface area contributed by atoms with Gasteiger partial charge in [-0.2, -0.15) is 8.42 Å². The zero-order valence-electron chi connectivity index (χ0n) is 9.79. The van der Waals surface area contributed by atoms with Crippen molar-refractivity contribution in [3.05, 3.63) is 42.0 Å². The Kier molecular flexibility index (Phi) is 3.51. The molecule has 0 saturated heterocycles. The lowest BCUT2D eigenvalue weighted by Gasteiger charge is -2.11. The second kappa shape index (κ2) is 4.93. The van der Waals surface area contributed by atoms with E-state index in [9.17, 15) is 8.42 Å². The highest BCUT2D eigenvalue weighted by Crippen LogP contribution is 2.28. The molecule has 0 aliphatic heterocycles. The number of hydrogen-bond acceptors (Lipinski definition) is 4. The van der Waals surface area contributed by atoms with Crippen LogP contribution in [0.3, 0.4) is 0 Å². The highest BCUT2D eigenvalue weighted by molar-refractivity contribution is 7.84. The standard InChI is InChI=1S/C12H13NO4S/c1-16-12-7-6-9-4-2-3-5-10(9)11(12)8-17-18(13,14)15/h2-7H,8H2,1H3,(H2,13,14,15). The first-order valence-electron chi connectivity index (χ1n) is 5.23. The van der Waals surface area contributed by atoms with E-state index in [1.54, 1.807) is 6.07 Å². The predicted molar refractivity (Wildman–Crippen MR) is 68.4 cm³/mol. The minimum Gasteiger partial charge on any atom is -0.496 e. The fourth-order valence-electron chi connectivity index (χ4n) is 1.80. The molecule has 0 aliphatic carbocycles. The largest absolute Gasteiger partial charge is 0.496 e. The molecule has 0 heterocycles. The summed E-state index contributed by atoms with van der Waals surface area (Å²) in [6.07, 6.45) is 0. The van der Waals surface area contributed by atoms with Gasteiger partial charge in [-0.3, -0.25) is 4.18 Å². The third-order valence-electron chi connectivity index (χ3n) is 2.59. The van der Waals surface area contributed by atoms with Gasteiger partial charge in [-0.1, -0.05) is 30.3 Å². The Labute approximate surface area is 105 Å². The second-order valence-electron chi connectivity index (χ2n) is 3.72. The third-order valence-corrected chi connectivity index (χ3v) is 3.03. The van der Waals surface area contributed by atoms with E-state index in [1.165, 1.54) is 7.11 Å². The lowest BCUT2D eigenvalue weighted by atomic mass is 10.0. The zero-order valence-corrected chi connectivity index (χ0v) is 10.6. The number of methoxy groups -OCH3 is 1. The van der Waals surface area contributed by atoms with Gasteiger partial charge in [-0.25, -0.2) is 5.14 Å². The summed E-state index contributed by atoms with van der Waals surface area (Å²) in [6.45, 7) is -0.149. The first kappa shape index (κ1) is 12.8. The van der Waals surface area contributed by atoms with Crippen molar-refractivity contribution in [1.29, 1.82) is 0 Å². The van der Waals surface area contributed by atoms with E-state index in [-0.39, 0.29) is 6.61 Å². The van der Waals surface area contributed by atoms with Crippen LogP contribution in [0.1, 0.15) is 5.56 Å². The van der Waals surface area contributed by atoms with Gasteiger partial charge in [0.1, 0.15) is 5.75 Å². The van der Waals surface area contributed by atoms with Gasteiger partial charge < -0.3 is 4.74 Å². The summed E-state index contributed by atoms with van der Waals surface area (Å²) >= 11 is 0. The van der Waals surface area contributed by atoms with Gasteiger partial charge in [0.05, 0.1) is 13.7 Å². The second-order valence-corrected chi connectivity index (χ2v) is 4.94. The van der Waals surface area contributed by atoms with Crippen LogP contribution in [0.4, 0.5) is 0 Å². The molecule has 0 aromatic heterocycles. The number of benzene rings is 2. The van der Waals surface area contributed by atoms with E-state index in [2.05, 4.69) is 4.18 Å². The summed E-state index contributed by atoms with van der Waals surface area (Å²) in [5.74, 6) is 0.567. The number of nitrogens with two attached hydrogens (primary N) is 1. The molecule has 2 aromatic rings. The van der Waals surface area contributed by atoms with Crippen LogP contribution in [0.2, 0.25) is 0 Å². The summed E-state index contributed by atoms with van der Waals surface area (Å²) < 4.78 is 31.5. The van der Waals surface area contributed by atoms with Crippen LogP contribution in [0.25, 0.3) is 10.8 Å². The molecule has 0 aliphatic rings. The summed E-state index contributed by atoms with van der Waals surface area (Å²) in [4.78, 5) is 0. The van der Waals surface area contributed by atoms with Crippen molar-refractivity contribution in [2.24, 2.45) is 5.14 Å². The van der Waals surface area contributed by atoms with Crippen molar-refractivity contribution in [2.75, 3.05) is 7.11 Å². The third kappa shape index (κ3) is 2.79. The Bertz CT molecular complexity index is 667. The average Bonchev–Trinajstić information content (AvgIpc) is 2.34. The maximum atomic E-state index is 10.9. The Balaban J connectivity index is 2.51. The molecule has 6 heteroatoms. The average molecular weight is 267 g/mol. The van der Waals surface area contributed by atoms with Crippen molar-refractivity contribution in [3.63, 3.8) is 0 Å². The molecule has 0 amide bonds. The number of fused-ring (bicyclic) bond motifs is 1. The van der Waals surface area contributed by atoms with Crippen molar-refractivity contribution in [3.8, 4) is 5.75 Å². The van der Waals surface area contributed by atoms with E-state index >= 15 is 0 Å².